The molecule has 1 saturated carbocycles. The van der Waals surface area contributed by atoms with Crippen LogP contribution in [0.4, 0.5) is 4.79 Å². The lowest BCUT2D eigenvalue weighted by molar-refractivity contribution is 0.00428. The normalized spacial score (nSPS) is 30.5. The highest BCUT2D eigenvalue weighted by Gasteiger charge is 2.38. The number of rotatable bonds is 2. The number of nitrogens with one attached hydrogen (secondary N) is 1. The van der Waals surface area contributed by atoms with Gasteiger partial charge < -0.3 is 15.0 Å². The summed E-state index contributed by atoms with van der Waals surface area (Å²) in [6.45, 7) is 13.9. The minimum atomic E-state index is -0.410. The number of piperazine rings is 2. The quantitative estimate of drug-likeness (QED) is 0.824. The monoisotopic (exact) mass is 338 g/mol. The Kier molecular flexibility index (Phi) is 5.67. The maximum absolute atomic E-state index is 12.2. The predicted molar refractivity (Wildman–Crippen MR) is 95.2 cm³/mol. The van der Waals surface area contributed by atoms with E-state index in [0.717, 1.165) is 39.3 Å². The second-order valence-electron chi connectivity index (χ2n) is 8.35. The van der Waals surface area contributed by atoms with Crippen LogP contribution in [0.15, 0.2) is 0 Å². The van der Waals surface area contributed by atoms with E-state index in [0.29, 0.717) is 12.1 Å². The fourth-order valence-corrected chi connectivity index (χ4v) is 4.35. The van der Waals surface area contributed by atoms with Crippen LogP contribution < -0.4 is 5.32 Å². The molecular weight excluding hydrogens is 304 g/mol. The van der Waals surface area contributed by atoms with Gasteiger partial charge in [-0.25, -0.2) is 4.79 Å². The molecule has 1 aliphatic carbocycles. The summed E-state index contributed by atoms with van der Waals surface area (Å²) in [6.07, 6.45) is 3.82. The fraction of sp³-hybridized carbons (Fsp3) is 0.944. The third kappa shape index (κ3) is 4.41. The molecule has 0 spiro atoms. The van der Waals surface area contributed by atoms with E-state index < -0.39 is 5.60 Å². The van der Waals surface area contributed by atoms with Gasteiger partial charge in [0.1, 0.15) is 5.60 Å². The minimum Gasteiger partial charge on any atom is -0.444 e. The number of carbonyl (C=O) groups excluding carboxylic acids is 1. The number of hydrogen-bond acceptors (Lipinski definition) is 5. The van der Waals surface area contributed by atoms with E-state index in [2.05, 4.69) is 15.1 Å². The third-order valence-electron chi connectivity index (χ3n) is 5.50. The zero-order valence-electron chi connectivity index (χ0n) is 15.6. The molecule has 6 nitrogen and oxygen atoms in total. The zero-order valence-corrected chi connectivity index (χ0v) is 15.6. The van der Waals surface area contributed by atoms with Crippen LogP contribution in [0.3, 0.4) is 0 Å². The number of hydrogen-bond donors (Lipinski definition) is 1. The molecule has 0 unspecified atom stereocenters. The molecule has 0 aromatic heterocycles. The summed E-state index contributed by atoms with van der Waals surface area (Å²) in [4.78, 5) is 19.4. The van der Waals surface area contributed by atoms with Gasteiger partial charge in [0.15, 0.2) is 0 Å². The molecule has 2 heterocycles. The van der Waals surface area contributed by atoms with Gasteiger partial charge in [0.2, 0.25) is 0 Å². The Balaban J connectivity index is 1.51. The van der Waals surface area contributed by atoms with Crippen molar-refractivity contribution >= 4 is 6.09 Å². The Hall–Kier alpha value is -0.850. The maximum Gasteiger partial charge on any atom is 0.410 e. The van der Waals surface area contributed by atoms with E-state index in [4.69, 9.17) is 4.74 Å². The Bertz CT molecular complexity index is 423. The van der Waals surface area contributed by atoms with Gasteiger partial charge in [0, 0.05) is 64.4 Å². The van der Waals surface area contributed by atoms with Crippen molar-refractivity contribution in [2.75, 3.05) is 52.4 Å². The largest absolute Gasteiger partial charge is 0.444 e. The summed E-state index contributed by atoms with van der Waals surface area (Å²) < 4.78 is 5.51. The van der Waals surface area contributed by atoms with Crippen molar-refractivity contribution in [1.29, 1.82) is 0 Å². The van der Waals surface area contributed by atoms with E-state index in [1.807, 2.05) is 25.7 Å². The van der Waals surface area contributed by atoms with E-state index in [1.165, 1.54) is 32.4 Å². The second kappa shape index (κ2) is 7.58. The number of nitrogens with zero attached hydrogens (tertiary/aromatic N) is 3. The van der Waals surface area contributed by atoms with Gasteiger partial charge >= 0.3 is 6.09 Å². The van der Waals surface area contributed by atoms with Crippen LogP contribution in [0.2, 0.25) is 0 Å². The molecule has 1 amide bonds. The Labute approximate surface area is 146 Å². The van der Waals surface area contributed by atoms with Crippen LogP contribution in [0.25, 0.3) is 0 Å². The van der Waals surface area contributed by atoms with Gasteiger partial charge in [-0.05, 0) is 33.6 Å². The first-order valence-corrected chi connectivity index (χ1v) is 9.61. The number of carbonyl (C=O) groups is 1. The first-order chi connectivity index (χ1) is 11.4. The second-order valence-corrected chi connectivity index (χ2v) is 8.35. The van der Waals surface area contributed by atoms with Crippen molar-refractivity contribution in [2.24, 2.45) is 0 Å². The molecule has 0 radical (unpaired) electrons. The van der Waals surface area contributed by atoms with Crippen molar-refractivity contribution < 1.29 is 9.53 Å². The Morgan fingerprint density at radius 3 is 2.00 bits per heavy atom. The summed E-state index contributed by atoms with van der Waals surface area (Å²) in [5.74, 6) is 0. The molecule has 3 fully saturated rings. The minimum absolute atomic E-state index is 0.160. The number of amides is 1. The molecule has 3 aliphatic rings. The standard InChI is InChI=1S/C18H34N4O2/c1-18(2,3)24-17(23)22-13-11-21(12-14-22)16-6-4-5-15(16)20-9-7-19-8-10-20/h15-16,19H,4-14H2,1-3H3/t15-,16-/m1/s1. The van der Waals surface area contributed by atoms with Gasteiger partial charge in [-0.3, -0.25) is 9.80 Å². The van der Waals surface area contributed by atoms with E-state index in [-0.39, 0.29) is 6.09 Å². The predicted octanol–water partition coefficient (Wildman–Crippen LogP) is 1.37. The van der Waals surface area contributed by atoms with Crippen LogP contribution in [0.1, 0.15) is 40.0 Å². The molecule has 24 heavy (non-hydrogen) atoms. The maximum atomic E-state index is 12.2. The average Bonchev–Trinajstić information content (AvgIpc) is 3.04. The highest BCUT2D eigenvalue weighted by Crippen LogP contribution is 2.29. The van der Waals surface area contributed by atoms with Crippen molar-refractivity contribution in [3.8, 4) is 0 Å². The highest BCUT2D eigenvalue weighted by atomic mass is 16.6. The lowest BCUT2D eigenvalue weighted by atomic mass is 10.1. The lowest BCUT2D eigenvalue weighted by Gasteiger charge is -2.43. The first kappa shape index (κ1) is 18.0. The molecule has 2 aliphatic heterocycles. The van der Waals surface area contributed by atoms with Crippen LogP contribution >= 0.6 is 0 Å². The van der Waals surface area contributed by atoms with Crippen LogP contribution in [-0.2, 0) is 4.74 Å². The van der Waals surface area contributed by atoms with Crippen LogP contribution in [-0.4, -0.2) is 90.8 Å². The van der Waals surface area contributed by atoms with Crippen molar-refractivity contribution in [3.63, 3.8) is 0 Å². The number of ether oxygens (including phenoxy) is 1. The van der Waals surface area contributed by atoms with E-state index in [1.54, 1.807) is 0 Å². The molecule has 0 bridgehead atoms. The molecule has 2 atom stereocenters. The first-order valence-electron chi connectivity index (χ1n) is 9.61. The van der Waals surface area contributed by atoms with Crippen molar-refractivity contribution in [2.45, 2.75) is 57.7 Å². The summed E-state index contributed by atoms with van der Waals surface area (Å²) in [5, 5.41) is 3.46. The van der Waals surface area contributed by atoms with Gasteiger partial charge in [0.25, 0.3) is 0 Å². The van der Waals surface area contributed by atoms with Crippen molar-refractivity contribution in [1.82, 2.24) is 20.0 Å². The van der Waals surface area contributed by atoms with Crippen LogP contribution in [0.5, 0.6) is 0 Å². The Morgan fingerprint density at radius 1 is 0.917 bits per heavy atom. The highest BCUT2D eigenvalue weighted by molar-refractivity contribution is 5.68. The fourth-order valence-electron chi connectivity index (χ4n) is 4.35. The summed E-state index contributed by atoms with van der Waals surface area (Å²) >= 11 is 0. The van der Waals surface area contributed by atoms with E-state index in [9.17, 15) is 4.79 Å². The SMILES string of the molecule is CC(C)(C)OC(=O)N1CCN([C@@H]2CCC[C@H]2N2CCNCC2)CC1. The smallest absolute Gasteiger partial charge is 0.410 e. The van der Waals surface area contributed by atoms with Crippen molar-refractivity contribution in [3.05, 3.63) is 0 Å². The van der Waals surface area contributed by atoms with Gasteiger partial charge in [-0.1, -0.05) is 6.42 Å². The molecule has 3 rings (SSSR count). The Morgan fingerprint density at radius 2 is 1.46 bits per heavy atom. The topological polar surface area (TPSA) is 48.1 Å². The van der Waals surface area contributed by atoms with Gasteiger partial charge in [0.05, 0.1) is 0 Å². The average molecular weight is 338 g/mol. The molecule has 138 valence electrons. The van der Waals surface area contributed by atoms with Gasteiger partial charge in [-0.2, -0.15) is 0 Å². The molecule has 6 heteroatoms. The molecular formula is C18H34N4O2. The molecule has 2 saturated heterocycles. The summed E-state index contributed by atoms with van der Waals surface area (Å²) in [5.41, 5.74) is -0.410. The zero-order chi connectivity index (χ0) is 17.2. The molecule has 1 N–H and O–H groups in total. The molecule has 0 aromatic carbocycles. The molecule has 0 aromatic rings. The van der Waals surface area contributed by atoms with Gasteiger partial charge in [-0.15, -0.1) is 0 Å². The third-order valence-corrected chi connectivity index (χ3v) is 5.50. The summed E-state index contributed by atoms with van der Waals surface area (Å²) in [6, 6.07) is 1.38. The lowest BCUT2D eigenvalue weighted by Crippen LogP contribution is -2.58. The van der Waals surface area contributed by atoms with E-state index >= 15 is 0 Å². The summed E-state index contributed by atoms with van der Waals surface area (Å²) in [7, 11) is 0. The van der Waals surface area contributed by atoms with Crippen LogP contribution in [0, 0.1) is 0 Å².